The first-order valence-electron chi connectivity index (χ1n) is 9.08. The predicted octanol–water partition coefficient (Wildman–Crippen LogP) is 6.14. The summed E-state index contributed by atoms with van der Waals surface area (Å²) in [4.78, 5) is 17.9. The highest BCUT2D eigenvalue weighted by molar-refractivity contribution is 9.10. The van der Waals surface area contributed by atoms with Crippen molar-refractivity contribution in [2.24, 2.45) is 0 Å². The fourth-order valence-electron chi connectivity index (χ4n) is 3.18. The van der Waals surface area contributed by atoms with Crippen LogP contribution in [0, 0.1) is 13.8 Å². The van der Waals surface area contributed by atoms with Gasteiger partial charge in [-0.25, -0.2) is 4.98 Å². The molecule has 0 radical (unpaired) electrons. The zero-order chi connectivity index (χ0) is 20.5. The van der Waals surface area contributed by atoms with Crippen LogP contribution in [-0.2, 0) is 0 Å². The third-order valence-corrected chi connectivity index (χ3v) is 5.18. The van der Waals surface area contributed by atoms with Gasteiger partial charge in [0.25, 0.3) is 5.91 Å². The molecule has 2 aromatic carbocycles. The van der Waals surface area contributed by atoms with Crippen molar-refractivity contribution in [1.82, 2.24) is 4.98 Å². The Hall–Kier alpha value is -3.12. The Labute approximate surface area is 176 Å². The van der Waals surface area contributed by atoms with Gasteiger partial charge >= 0.3 is 0 Å². The van der Waals surface area contributed by atoms with Crippen LogP contribution in [0.3, 0.4) is 0 Å². The van der Waals surface area contributed by atoms with Crippen molar-refractivity contribution < 1.29 is 13.9 Å². The summed E-state index contributed by atoms with van der Waals surface area (Å²) in [6.45, 7) is 3.80. The lowest BCUT2D eigenvalue weighted by molar-refractivity contribution is 0.102. The van der Waals surface area contributed by atoms with E-state index in [0.29, 0.717) is 17.0 Å². The number of carbonyl (C=O) groups is 1. The van der Waals surface area contributed by atoms with E-state index in [1.54, 1.807) is 13.2 Å². The first-order chi connectivity index (χ1) is 13.9. The summed E-state index contributed by atoms with van der Waals surface area (Å²) in [6, 6.07) is 16.7. The molecule has 0 aliphatic heterocycles. The summed E-state index contributed by atoms with van der Waals surface area (Å²) in [7, 11) is 1.62. The van der Waals surface area contributed by atoms with Gasteiger partial charge in [0, 0.05) is 15.5 Å². The number of aryl methyl sites for hydroxylation is 2. The van der Waals surface area contributed by atoms with Crippen molar-refractivity contribution in [2.75, 3.05) is 12.4 Å². The molecule has 4 rings (SSSR count). The van der Waals surface area contributed by atoms with Gasteiger partial charge in [0.2, 0.25) is 0 Å². The van der Waals surface area contributed by atoms with Crippen LogP contribution in [0.2, 0.25) is 0 Å². The van der Waals surface area contributed by atoms with Crippen LogP contribution >= 0.6 is 15.9 Å². The van der Waals surface area contributed by atoms with Gasteiger partial charge in [0.15, 0.2) is 5.76 Å². The number of pyridine rings is 1. The summed E-state index contributed by atoms with van der Waals surface area (Å²) < 4.78 is 11.8. The molecule has 4 aromatic rings. The fourth-order valence-corrected chi connectivity index (χ4v) is 3.54. The molecule has 0 saturated carbocycles. The zero-order valence-electron chi connectivity index (χ0n) is 16.2. The zero-order valence-corrected chi connectivity index (χ0v) is 17.8. The van der Waals surface area contributed by atoms with Gasteiger partial charge in [-0.3, -0.25) is 4.79 Å². The molecule has 2 heterocycles. The van der Waals surface area contributed by atoms with Crippen LogP contribution < -0.4 is 10.1 Å². The number of anilines is 1. The smallest absolute Gasteiger partial charge is 0.256 e. The van der Waals surface area contributed by atoms with Gasteiger partial charge in [-0.1, -0.05) is 15.9 Å². The minimum Gasteiger partial charge on any atom is -0.497 e. The lowest BCUT2D eigenvalue weighted by atomic mass is 10.1. The topological polar surface area (TPSA) is 64.4 Å². The summed E-state index contributed by atoms with van der Waals surface area (Å²) in [5, 5.41) is 3.76. The van der Waals surface area contributed by atoms with Crippen molar-refractivity contribution in [2.45, 2.75) is 13.8 Å². The molecule has 1 N–H and O–H groups in total. The third-order valence-electron chi connectivity index (χ3n) is 4.69. The van der Waals surface area contributed by atoms with Crippen LogP contribution in [0.25, 0.3) is 22.4 Å². The van der Waals surface area contributed by atoms with Gasteiger partial charge in [-0.15, -0.1) is 0 Å². The number of halogens is 1. The average Bonchev–Trinajstić information content (AvgIpc) is 3.15. The molecule has 5 nitrogen and oxygen atoms in total. The van der Waals surface area contributed by atoms with Crippen molar-refractivity contribution >= 4 is 38.4 Å². The molecule has 146 valence electrons. The maximum absolute atomic E-state index is 13.2. The highest BCUT2D eigenvalue weighted by Crippen LogP contribution is 2.29. The quantitative estimate of drug-likeness (QED) is 0.405. The van der Waals surface area contributed by atoms with E-state index in [0.717, 1.165) is 38.1 Å². The molecule has 0 aliphatic carbocycles. The van der Waals surface area contributed by atoms with E-state index in [1.807, 2.05) is 62.4 Å². The molecule has 0 saturated heterocycles. The van der Waals surface area contributed by atoms with Crippen LogP contribution in [-0.4, -0.2) is 18.0 Å². The van der Waals surface area contributed by atoms with Gasteiger partial charge < -0.3 is 14.5 Å². The number of rotatable bonds is 4. The largest absolute Gasteiger partial charge is 0.497 e. The Balaban J connectivity index is 1.80. The summed E-state index contributed by atoms with van der Waals surface area (Å²) in [6.07, 6.45) is 0. The second-order valence-electron chi connectivity index (χ2n) is 6.76. The Kier molecular flexibility index (Phi) is 5.11. The van der Waals surface area contributed by atoms with E-state index in [-0.39, 0.29) is 5.91 Å². The Morgan fingerprint density at radius 3 is 2.59 bits per heavy atom. The van der Waals surface area contributed by atoms with E-state index < -0.39 is 0 Å². The van der Waals surface area contributed by atoms with Crippen molar-refractivity contribution in [3.63, 3.8) is 0 Å². The van der Waals surface area contributed by atoms with Crippen molar-refractivity contribution in [1.29, 1.82) is 0 Å². The average molecular weight is 451 g/mol. The number of amides is 1. The molecule has 2 aromatic heterocycles. The summed E-state index contributed by atoms with van der Waals surface area (Å²) in [5.41, 5.74) is 3.50. The van der Waals surface area contributed by atoms with E-state index >= 15 is 0 Å². The third kappa shape index (κ3) is 3.89. The molecule has 0 bridgehead atoms. The fraction of sp³-hybridized carbons (Fsp3) is 0.130. The molecule has 1 amide bonds. The van der Waals surface area contributed by atoms with E-state index in [1.165, 1.54) is 0 Å². The van der Waals surface area contributed by atoms with Gasteiger partial charge in [0.05, 0.1) is 18.2 Å². The maximum atomic E-state index is 13.2. The van der Waals surface area contributed by atoms with Gasteiger partial charge in [-0.2, -0.15) is 0 Å². The second kappa shape index (κ2) is 7.72. The SMILES string of the molecule is COc1ccc(NC(=O)c2cc(-c3ccc(C)o3)nc3ccc(Br)cc23)c(C)c1. The Morgan fingerprint density at radius 1 is 1.07 bits per heavy atom. The molecule has 29 heavy (non-hydrogen) atoms. The number of nitrogens with zero attached hydrogens (tertiary/aromatic N) is 1. The van der Waals surface area contributed by atoms with Crippen LogP contribution in [0.15, 0.2) is 63.5 Å². The summed E-state index contributed by atoms with van der Waals surface area (Å²) in [5.74, 6) is 1.95. The maximum Gasteiger partial charge on any atom is 0.256 e. The number of fused-ring (bicyclic) bond motifs is 1. The molecule has 6 heteroatoms. The van der Waals surface area contributed by atoms with Gasteiger partial charge in [0.1, 0.15) is 17.2 Å². The minimum absolute atomic E-state index is 0.215. The number of aromatic nitrogens is 1. The standard InChI is InChI=1S/C23H19BrN2O3/c1-13-10-16(28-3)6-8-19(13)26-23(27)18-12-21(22-9-4-14(2)29-22)25-20-7-5-15(24)11-17(18)20/h4-12H,1-3H3,(H,26,27). The Bertz CT molecular complexity index is 1230. The number of methoxy groups -OCH3 is 1. The molecule has 0 unspecified atom stereocenters. The number of ether oxygens (including phenoxy) is 1. The van der Waals surface area contributed by atoms with Crippen molar-refractivity contribution in [3.8, 4) is 17.2 Å². The van der Waals surface area contributed by atoms with Crippen molar-refractivity contribution in [3.05, 3.63) is 76.0 Å². The highest BCUT2D eigenvalue weighted by atomic mass is 79.9. The monoisotopic (exact) mass is 450 g/mol. The van der Waals surface area contributed by atoms with Gasteiger partial charge in [-0.05, 0) is 74.0 Å². The normalized spacial score (nSPS) is 10.9. The van der Waals surface area contributed by atoms with Crippen LogP contribution in [0.5, 0.6) is 5.75 Å². The number of furan rings is 1. The van der Waals surface area contributed by atoms with Crippen LogP contribution in [0.1, 0.15) is 21.7 Å². The number of nitrogens with one attached hydrogen (secondary N) is 1. The molecular formula is C23H19BrN2O3. The second-order valence-corrected chi connectivity index (χ2v) is 7.68. The highest BCUT2D eigenvalue weighted by Gasteiger charge is 2.17. The first-order valence-corrected chi connectivity index (χ1v) is 9.87. The van der Waals surface area contributed by atoms with Crippen LogP contribution in [0.4, 0.5) is 5.69 Å². The van der Waals surface area contributed by atoms with E-state index in [2.05, 4.69) is 26.2 Å². The van der Waals surface area contributed by atoms with E-state index in [4.69, 9.17) is 9.15 Å². The Morgan fingerprint density at radius 2 is 1.90 bits per heavy atom. The minimum atomic E-state index is -0.215. The van der Waals surface area contributed by atoms with E-state index in [9.17, 15) is 4.79 Å². The number of hydrogen-bond acceptors (Lipinski definition) is 4. The number of hydrogen-bond donors (Lipinski definition) is 1. The molecular weight excluding hydrogens is 432 g/mol. The molecule has 0 aliphatic rings. The summed E-state index contributed by atoms with van der Waals surface area (Å²) >= 11 is 3.48. The molecule has 0 spiro atoms. The molecule has 0 atom stereocenters. The number of benzene rings is 2. The first kappa shape index (κ1) is 19.2. The number of carbonyl (C=O) groups excluding carboxylic acids is 1. The lowest BCUT2D eigenvalue weighted by Gasteiger charge is -2.12. The predicted molar refractivity (Wildman–Crippen MR) is 118 cm³/mol. The molecule has 0 fully saturated rings. The lowest BCUT2D eigenvalue weighted by Crippen LogP contribution is -2.14.